The molecule has 0 aromatic carbocycles. The van der Waals surface area contributed by atoms with E-state index >= 15 is 0 Å². The van der Waals surface area contributed by atoms with Crippen LogP contribution in [0.3, 0.4) is 0 Å². The zero-order chi connectivity index (χ0) is 10.6. The van der Waals surface area contributed by atoms with Crippen LogP contribution in [0.2, 0.25) is 0 Å². The summed E-state index contributed by atoms with van der Waals surface area (Å²) in [4.78, 5) is 18.4. The predicted molar refractivity (Wildman–Crippen MR) is 51.4 cm³/mol. The van der Waals surface area contributed by atoms with Crippen LogP contribution < -0.4 is 0 Å². The highest BCUT2D eigenvalue weighted by Crippen LogP contribution is 2.18. The summed E-state index contributed by atoms with van der Waals surface area (Å²) < 4.78 is 4.74. The van der Waals surface area contributed by atoms with Crippen molar-refractivity contribution in [1.82, 2.24) is 9.96 Å². The minimum Gasteiger partial charge on any atom is -0.468 e. The second-order valence-corrected chi connectivity index (χ2v) is 3.45. The van der Waals surface area contributed by atoms with E-state index in [0.717, 1.165) is 19.4 Å². The second-order valence-electron chi connectivity index (χ2n) is 3.45. The number of esters is 1. The van der Waals surface area contributed by atoms with Gasteiger partial charge in [-0.05, 0) is 12.8 Å². The normalized spacial score (nSPS) is 23.0. The van der Waals surface area contributed by atoms with Crippen LogP contribution in [0.5, 0.6) is 0 Å². The molecule has 1 atom stereocenters. The lowest BCUT2D eigenvalue weighted by Crippen LogP contribution is -2.42. The molecule has 5 nitrogen and oxygen atoms in total. The first-order chi connectivity index (χ1) is 6.69. The van der Waals surface area contributed by atoms with Gasteiger partial charge in [-0.3, -0.25) is 9.69 Å². The molecule has 0 spiro atoms. The summed E-state index contributed by atoms with van der Waals surface area (Å²) in [5, 5.41) is 1.70. The van der Waals surface area contributed by atoms with E-state index in [1.165, 1.54) is 7.11 Å². The number of hydrogen-bond acceptors (Lipinski definition) is 5. The fourth-order valence-electron chi connectivity index (χ4n) is 1.71. The van der Waals surface area contributed by atoms with Crippen molar-refractivity contribution in [3.8, 4) is 0 Å². The zero-order valence-electron chi connectivity index (χ0n) is 9.02. The molecule has 1 heterocycles. The Morgan fingerprint density at radius 1 is 1.57 bits per heavy atom. The quantitative estimate of drug-likeness (QED) is 0.477. The molecule has 0 N–H and O–H groups in total. The van der Waals surface area contributed by atoms with Crippen molar-refractivity contribution in [2.24, 2.45) is 0 Å². The molecular weight excluding hydrogens is 184 g/mol. The van der Waals surface area contributed by atoms with Gasteiger partial charge >= 0.3 is 5.97 Å². The van der Waals surface area contributed by atoms with Gasteiger partial charge in [-0.15, -0.1) is 0 Å². The molecule has 5 heteroatoms. The Bertz CT molecular complexity index is 198. The number of hydrogen-bond donors (Lipinski definition) is 0. The highest BCUT2D eigenvalue weighted by Gasteiger charge is 2.31. The van der Waals surface area contributed by atoms with Crippen molar-refractivity contribution in [1.29, 1.82) is 0 Å². The summed E-state index contributed by atoms with van der Waals surface area (Å²) in [7, 11) is 4.88. The number of ether oxygens (including phenoxy) is 1. The van der Waals surface area contributed by atoms with Crippen LogP contribution in [0.15, 0.2) is 0 Å². The van der Waals surface area contributed by atoms with E-state index in [0.29, 0.717) is 6.67 Å². The molecule has 1 rings (SSSR count). The monoisotopic (exact) mass is 202 g/mol. The number of carbonyl (C=O) groups is 1. The Kier molecular flexibility index (Phi) is 4.31. The van der Waals surface area contributed by atoms with Gasteiger partial charge in [0.1, 0.15) is 6.04 Å². The van der Waals surface area contributed by atoms with Gasteiger partial charge in [0.25, 0.3) is 0 Å². The lowest BCUT2D eigenvalue weighted by atomic mass is 10.2. The largest absolute Gasteiger partial charge is 0.468 e. The van der Waals surface area contributed by atoms with Crippen LogP contribution in [0.4, 0.5) is 0 Å². The van der Waals surface area contributed by atoms with Crippen molar-refractivity contribution >= 4 is 5.97 Å². The Morgan fingerprint density at radius 3 is 2.86 bits per heavy atom. The van der Waals surface area contributed by atoms with E-state index in [9.17, 15) is 4.79 Å². The van der Waals surface area contributed by atoms with Gasteiger partial charge in [-0.2, -0.15) is 5.06 Å². The van der Waals surface area contributed by atoms with E-state index < -0.39 is 0 Å². The molecule has 0 aromatic rings. The summed E-state index contributed by atoms with van der Waals surface area (Å²) in [6, 6.07) is -0.0994. The number of carbonyl (C=O) groups excluding carboxylic acids is 1. The molecule has 0 radical (unpaired) electrons. The summed E-state index contributed by atoms with van der Waals surface area (Å²) >= 11 is 0. The van der Waals surface area contributed by atoms with Gasteiger partial charge in [0.05, 0.1) is 20.9 Å². The summed E-state index contributed by atoms with van der Waals surface area (Å²) in [6.07, 6.45) is 1.92. The van der Waals surface area contributed by atoms with E-state index in [-0.39, 0.29) is 12.0 Å². The van der Waals surface area contributed by atoms with Crippen molar-refractivity contribution in [3.05, 3.63) is 0 Å². The van der Waals surface area contributed by atoms with Crippen LogP contribution in [0, 0.1) is 0 Å². The van der Waals surface area contributed by atoms with Crippen molar-refractivity contribution in [2.75, 3.05) is 34.5 Å². The molecule has 14 heavy (non-hydrogen) atoms. The highest BCUT2D eigenvalue weighted by molar-refractivity contribution is 5.75. The van der Waals surface area contributed by atoms with Crippen LogP contribution in [-0.4, -0.2) is 56.5 Å². The van der Waals surface area contributed by atoms with E-state index in [1.54, 1.807) is 12.2 Å². The predicted octanol–water partition coefficient (Wildman–Crippen LogP) is 0.0745. The number of methoxy groups -OCH3 is 1. The fourth-order valence-corrected chi connectivity index (χ4v) is 1.71. The highest BCUT2D eigenvalue weighted by atomic mass is 16.7. The summed E-state index contributed by atoms with van der Waals surface area (Å²) in [5.41, 5.74) is 0. The molecule has 0 aliphatic carbocycles. The van der Waals surface area contributed by atoms with Gasteiger partial charge in [-0.1, -0.05) is 0 Å². The standard InChI is InChI=1S/C9H18N2O3/c1-10(14-3)7-11-6-4-5-8(11)9(12)13-2/h8H,4-7H2,1-3H3. The number of nitrogens with zero attached hydrogens (tertiary/aromatic N) is 2. The van der Waals surface area contributed by atoms with Crippen LogP contribution in [0.1, 0.15) is 12.8 Å². The number of likely N-dealkylation sites (tertiary alicyclic amines) is 1. The van der Waals surface area contributed by atoms with Crippen LogP contribution >= 0.6 is 0 Å². The second kappa shape index (κ2) is 5.29. The molecule has 0 amide bonds. The van der Waals surface area contributed by atoms with Gasteiger partial charge in [-0.25, -0.2) is 0 Å². The lowest BCUT2D eigenvalue weighted by molar-refractivity contribution is -0.158. The van der Waals surface area contributed by atoms with Crippen LogP contribution in [-0.2, 0) is 14.4 Å². The third kappa shape index (κ3) is 2.67. The smallest absolute Gasteiger partial charge is 0.323 e. The first-order valence-corrected chi connectivity index (χ1v) is 4.76. The molecule has 82 valence electrons. The Labute approximate surface area is 84.5 Å². The SMILES string of the molecule is COC(=O)C1CCCN1CN(C)OC. The van der Waals surface area contributed by atoms with E-state index in [4.69, 9.17) is 9.57 Å². The minimum atomic E-state index is -0.146. The lowest BCUT2D eigenvalue weighted by Gasteiger charge is -2.26. The Hall–Kier alpha value is -0.650. The molecule has 1 saturated heterocycles. The maximum absolute atomic E-state index is 11.4. The van der Waals surface area contributed by atoms with Crippen LogP contribution in [0.25, 0.3) is 0 Å². The fraction of sp³-hybridized carbons (Fsp3) is 0.889. The molecule has 0 saturated carbocycles. The van der Waals surface area contributed by atoms with E-state index in [1.807, 2.05) is 7.05 Å². The molecule has 0 bridgehead atoms. The zero-order valence-corrected chi connectivity index (χ0v) is 9.02. The Morgan fingerprint density at radius 2 is 2.29 bits per heavy atom. The van der Waals surface area contributed by atoms with Gasteiger partial charge in [0.15, 0.2) is 0 Å². The third-order valence-corrected chi connectivity index (χ3v) is 2.53. The summed E-state index contributed by atoms with van der Waals surface area (Å²) in [6.45, 7) is 1.56. The maximum Gasteiger partial charge on any atom is 0.323 e. The van der Waals surface area contributed by atoms with Gasteiger partial charge < -0.3 is 9.57 Å². The average molecular weight is 202 g/mol. The number of hydroxylamine groups is 2. The molecular formula is C9H18N2O3. The van der Waals surface area contributed by atoms with Gasteiger partial charge in [0.2, 0.25) is 0 Å². The summed E-state index contributed by atoms with van der Waals surface area (Å²) in [5.74, 6) is -0.146. The molecule has 1 aliphatic rings. The van der Waals surface area contributed by atoms with Crippen molar-refractivity contribution in [2.45, 2.75) is 18.9 Å². The minimum absolute atomic E-state index is 0.0994. The first-order valence-electron chi connectivity index (χ1n) is 4.76. The van der Waals surface area contributed by atoms with E-state index in [2.05, 4.69) is 4.90 Å². The third-order valence-electron chi connectivity index (χ3n) is 2.53. The van der Waals surface area contributed by atoms with Gasteiger partial charge in [0, 0.05) is 13.6 Å². The Balaban J connectivity index is 2.46. The molecule has 1 aliphatic heterocycles. The molecule has 0 aromatic heterocycles. The maximum atomic E-state index is 11.4. The molecule has 1 unspecified atom stereocenters. The van der Waals surface area contributed by atoms with Crippen molar-refractivity contribution < 1.29 is 14.4 Å². The number of rotatable bonds is 4. The molecule has 1 fully saturated rings. The average Bonchev–Trinajstić information content (AvgIpc) is 2.64. The topological polar surface area (TPSA) is 42.0 Å². The first kappa shape index (κ1) is 11.4. The van der Waals surface area contributed by atoms with Crippen molar-refractivity contribution in [3.63, 3.8) is 0 Å².